The number of nitrogens with one attached hydrogen (secondary N) is 1. The molecule has 0 bridgehead atoms. The quantitative estimate of drug-likeness (QED) is 0.834. The van der Waals surface area contributed by atoms with E-state index in [1.807, 2.05) is 36.4 Å². The Morgan fingerprint density at radius 2 is 1.88 bits per heavy atom. The largest absolute Gasteiger partial charge is 0.493 e. The summed E-state index contributed by atoms with van der Waals surface area (Å²) >= 11 is 6.13. The monoisotopic (exact) mass is 356 g/mol. The van der Waals surface area contributed by atoms with Crippen LogP contribution in [0.25, 0.3) is 6.08 Å². The Morgan fingerprint density at radius 1 is 1.12 bits per heavy atom. The highest BCUT2D eigenvalue weighted by molar-refractivity contribution is 6.32. The van der Waals surface area contributed by atoms with Gasteiger partial charge in [-0.2, -0.15) is 0 Å². The fraction of sp³-hybridized carbons (Fsp3) is 0.158. The van der Waals surface area contributed by atoms with E-state index < -0.39 is 0 Å². The molecule has 0 saturated carbocycles. The van der Waals surface area contributed by atoms with Crippen LogP contribution in [0.1, 0.15) is 11.1 Å². The molecule has 1 aliphatic rings. The number of rotatable bonds is 5. The van der Waals surface area contributed by atoms with Gasteiger partial charge in [-0.1, -0.05) is 35.9 Å². The fourth-order valence-electron chi connectivity index (χ4n) is 2.52. The number of amidine groups is 1. The highest BCUT2D eigenvalue weighted by Crippen LogP contribution is 2.28. The summed E-state index contributed by atoms with van der Waals surface area (Å²) in [7, 11) is 3.17. The van der Waals surface area contributed by atoms with Crippen molar-refractivity contribution in [3.63, 3.8) is 0 Å². The SMILES string of the molecule is COc1ccc(CC2=N/C(=C\c3ccccc3Cl)C(=O)N2)cc1OC. The zero-order valence-corrected chi connectivity index (χ0v) is 14.6. The van der Waals surface area contributed by atoms with Gasteiger partial charge in [0.2, 0.25) is 0 Å². The highest BCUT2D eigenvalue weighted by atomic mass is 35.5. The van der Waals surface area contributed by atoms with E-state index in [0.29, 0.717) is 34.5 Å². The smallest absolute Gasteiger partial charge is 0.275 e. The third-order valence-corrected chi connectivity index (χ3v) is 4.11. The Hall–Kier alpha value is -2.79. The van der Waals surface area contributed by atoms with Crippen molar-refractivity contribution in [3.05, 3.63) is 64.3 Å². The summed E-state index contributed by atoms with van der Waals surface area (Å²) in [6.45, 7) is 0. The van der Waals surface area contributed by atoms with Crippen molar-refractivity contribution in [3.8, 4) is 11.5 Å². The predicted molar refractivity (Wildman–Crippen MR) is 98.3 cm³/mol. The summed E-state index contributed by atoms with van der Waals surface area (Å²) in [5.74, 6) is 1.63. The molecule has 1 N–H and O–H groups in total. The molecule has 2 aromatic rings. The van der Waals surface area contributed by atoms with Gasteiger partial charge in [-0.25, -0.2) is 4.99 Å². The van der Waals surface area contributed by atoms with Gasteiger partial charge in [0.15, 0.2) is 11.5 Å². The Morgan fingerprint density at radius 3 is 2.60 bits per heavy atom. The zero-order chi connectivity index (χ0) is 17.8. The van der Waals surface area contributed by atoms with Gasteiger partial charge in [0.1, 0.15) is 11.5 Å². The van der Waals surface area contributed by atoms with E-state index in [2.05, 4.69) is 10.3 Å². The summed E-state index contributed by atoms with van der Waals surface area (Å²) in [4.78, 5) is 16.5. The lowest BCUT2D eigenvalue weighted by Gasteiger charge is -2.09. The van der Waals surface area contributed by atoms with Crippen LogP contribution in [-0.4, -0.2) is 26.0 Å². The summed E-state index contributed by atoms with van der Waals surface area (Å²) in [6, 6.07) is 12.9. The van der Waals surface area contributed by atoms with Crippen LogP contribution in [0.3, 0.4) is 0 Å². The first-order chi connectivity index (χ1) is 12.1. The minimum absolute atomic E-state index is 0.240. The lowest BCUT2D eigenvalue weighted by Crippen LogP contribution is -2.25. The molecule has 0 spiro atoms. The number of aliphatic imine (C=N–C) groups is 1. The zero-order valence-electron chi connectivity index (χ0n) is 13.9. The number of benzene rings is 2. The average Bonchev–Trinajstić information content (AvgIpc) is 2.96. The standard InChI is InChI=1S/C19H17ClN2O3/c1-24-16-8-7-12(9-17(16)25-2)10-18-21-15(19(23)22-18)11-13-5-3-4-6-14(13)20/h3-9,11H,10H2,1-2H3,(H,21,22,23)/b15-11-. The number of halogens is 1. The van der Waals surface area contributed by atoms with Crippen LogP contribution in [0, 0.1) is 0 Å². The second-order valence-corrected chi connectivity index (χ2v) is 5.84. The molecule has 0 aromatic heterocycles. The first kappa shape index (κ1) is 17.0. The molecule has 0 fully saturated rings. The van der Waals surface area contributed by atoms with Crippen molar-refractivity contribution < 1.29 is 14.3 Å². The molecule has 0 aliphatic carbocycles. The first-order valence-corrected chi connectivity index (χ1v) is 8.04. The maximum Gasteiger partial charge on any atom is 0.275 e. The van der Waals surface area contributed by atoms with Gasteiger partial charge in [-0.05, 0) is 35.4 Å². The highest BCUT2D eigenvalue weighted by Gasteiger charge is 2.20. The van der Waals surface area contributed by atoms with Crippen LogP contribution < -0.4 is 14.8 Å². The van der Waals surface area contributed by atoms with Crippen molar-refractivity contribution in [2.45, 2.75) is 6.42 Å². The molecule has 1 amide bonds. The number of hydrogen-bond donors (Lipinski definition) is 1. The summed E-state index contributed by atoms with van der Waals surface area (Å²) < 4.78 is 10.5. The second kappa shape index (κ2) is 7.40. The lowest BCUT2D eigenvalue weighted by atomic mass is 10.1. The van der Waals surface area contributed by atoms with Gasteiger partial charge in [-0.15, -0.1) is 0 Å². The van der Waals surface area contributed by atoms with Crippen LogP contribution in [0.5, 0.6) is 11.5 Å². The Balaban J connectivity index is 1.83. The number of methoxy groups -OCH3 is 2. The first-order valence-electron chi connectivity index (χ1n) is 7.66. The normalized spacial score (nSPS) is 15.1. The average molecular weight is 357 g/mol. The van der Waals surface area contributed by atoms with Crippen LogP contribution in [0.2, 0.25) is 5.02 Å². The summed E-state index contributed by atoms with van der Waals surface area (Å²) in [6.07, 6.45) is 2.16. The van der Waals surface area contributed by atoms with E-state index in [-0.39, 0.29) is 5.91 Å². The molecule has 0 atom stereocenters. The Kier molecular flexibility index (Phi) is 5.05. The van der Waals surface area contributed by atoms with Crippen LogP contribution in [-0.2, 0) is 11.2 Å². The molecule has 0 saturated heterocycles. The maximum atomic E-state index is 12.1. The van der Waals surface area contributed by atoms with Crippen LogP contribution in [0.4, 0.5) is 0 Å². The van der Waals surface area contributed by atoms with Gasteiger partial charge in [-0.3, -0.25) is 4.79 Å². The number of carbonyl (C=O) groups is 1. The van der Waals surface area contributed by atoms with Crippen molar-refractivity contribution in [1.82, 2.24) is 5.32 Å². The molecule has 128 valence electrons. The number of amides is 1. The second-order valence-electron chi connectivity index (χ2n) is 5.43. The maximum absolute atomic E-state index is 12.1. The molecular formula is C19H17ClN2O3. The van der Waals surface area contributed by atoms with E-state index in [1.54, 1.807) is 26.4 Å². The molecule has 0 unspecified atom stereocenters. The summed E-state index contributed by atoms with van der Waals surface area (Å²) in [5, 5.41) is 3.36. The van der Waals surface area contributed by atoms with Crippen LogP contribution in [0.15, 0.2) is 53.2 Å². The molecule has 1 aliphatic heterocycles. The van der Waals surface area contributed by atoms with Crippen LogP contribution >= 0.6 is 11.6 Å². The van der Waals surface area contributed by atoms with Gasteiger partial charge >= 0.3 is 0 Å². The topological polar surface area (TPSA) is 59.9 Å². The molecule has 25 heavy (non-hydrogen) atoms. The predicted octanol–water partition coefficient (Wildman–Crippen LogP) is 3.47. The fourth-order valence-corrected chi connectivity index (χ4v) is 2.71. The van der Waals surface area contributed by atoms with E-state index >= 15 is 0 Å². The molecule has 2 aromatic carbocycles. The van der Waals surface area contributed by atoms with E-state index in [1.165, 1.54) is 0 Å². The minimum atomic E-state index is -0.240. The van der Waals surface area contributed by atoms with Gasteiger partial charge in [0.25, 0.3) is 5.91 Å². The lowest BCUT2D eigenvalue weighted by molar-refractivity contribution is -0.115. The van der Waals surface area contributed by atoms with Gasteiger partial charge in [0.05, 0.1) is 14.2 Å². The Labute approximate surface area is 150 Å². The molecule has 1 heterocycles. The summed E-state index contributed by atoms with van der Waals surface area (Å²) in [5.41, 5.74) is 2.05. The molecular weight excluding hydrogens is 340 g/mol. The third-order valence-electron chi connectivity index (χ3n) is 3.76. The molecule has 0 radical (unpaired) electrons. The van der Waals surface area contributed by atoms with E-state index in [9.17, 15) is 4.79 Å². The molecule has 6 heteroatoms. The number of carbonyl (C=O) groups excluding carboxylic acids is 1. The Bertz CT molecular complexity index is 875. The molecule has 5 nitrogen and oxygen atoms in total. The minimum Gasteiger partial charge on any atom is -0.493 e. The number of ether oxygens (including phenoxy) is 2. The van der Waals surface area contributed by atoms with Crippen molar-refractivity contribution in [1.29, 1.82) is 0 Å². The van der Waals surface area contributed by atoms with Gasteiger partial charge < -0.3 is 14.8 Å². The van der Waals surface area contributed by atoms with Gasteiger partial charge in [0, 0.05) is 11.4 Å². The molecule has 3 rings (SSSR count). The van der Waals surface area contributed by atoms with Crippen molar-refractivity contribution in [2.75, 3.05) is 14.2 Å². The third kappa shape index (κ3) is 3.83. The van der Waals surface area contributed by atoms with E-state index in [0.717, 1.165) is 11.1 Å². The van der Waals surface area contributed by atoms with Crippen molar-refractivity contribution in [2.24, 2.45) is 4.99 Å². The number of hydrogen-bond acceptors (Lipinski definition) is 4. The van der Waals surface area contributed by atoms with E-state index in [4.69, 9.17) is 21.1 Å². The van der Waals surface area contributed by atoms with Crippen molar-refractivity contribution >= 4 is 29.4 Å². The number of nitrogens with zero attached hydrogens (tertiary/aromatic N) is 1.